The Bertz CT molecular complexity index is 1860. The topological polar surface area (TPSA) is 98.8 Å². The first-order valence-electron chi connectivity index (χ1n) is 15.1. The van der Waals surface area contributed by atoms with Gasteiger partial charge in [-0.15, -0.1) is 11.3 Å². The zero-order valence-corrected chi connectivity index (χ0v) is 25.8. The van der Waals surface area contributed by atoms with Gasteiger partial charge in [-0.05, 0) is 43.9 Å². The quantitative estimate of drug-likeness (QED) is 0.285. The van der Waals surface area contributed by atoms with Crippen molar-refractivity contribution in [1.82, 2.24) is 15.1 Å². The lowest BCUT2D eigenvalue weighted by Gasteiger charge is -2.43. The second kappa shape index (κ2) is 10.7. The van der Waals surface area contributed by atoms with Crippen LogP contribution in [0.2, 0.25) is 5.02 Å². The van der Waals surface area contributed by atoms with Gasteiger partial charge in [-0.2, -0.15) is 5.26 Å². The van der Waals surface area contributed by atoms with E-state index in [1.54, 1.807) is 6.08 Å². The number of nitrogens with two attached hydrogens (primary N) is 1. The van der Waals surface area contributed by atoms with Crippen molar-refractivity contribution in [3.8, 4) is 22.9 Å². The van der Waals surface area contributed by atoms with Crippen LogP contribution in [0.25, 0.3) is 21.2 Å². The zero-order valence-electron chi connectivity index (χ0n) is 24.2. The van der Waals surface area contributed by atoms with Crippen LogP contribution >= 0.6 is 22.9 Å². The number of thiophene rings is 1. The molecule has 8 rings (SSSR count). The number of alkyl halides is 1. The molecular formula is C32H30ClF3N6O2S. The molecule has 0 saturated carbocycles. The van der Waals surface area contributed by atoms with Gasteiger partial charge in [0, 0.05) is 42.2 Å². The lowest BCUT2D eigenvalue weighted by molar-refractivity contribution is 0.0250. The molecule has 0 radical (unpaired) electrons. The van der Waals surface area contributed by atoms with Gasteiger partial charge in [0.15, 0.2) is 11.6 Å². The number of hydrogen-bond donors (Lipinski definition) is 3. The lowest BCUT2D eigenvalue weighted by Crippen LogP contribution is -2.45. The second-order valence-electron chi connectivity index (χ2n) is 12.2. The third kappa shape index (κ3) is 4.39. The SMILES string of the molecule is N#Cc1c(N)sc2c(F)ccc(-c3c(F)c4c5c(c3Cl)NCNC5N3CCCC=C3/C=C(/OCC35CCCN3C[C@H](F)C5)O4)c12. The first kappa shape index (κ1) is 28.8. The molecule has 4 N–H and O–H groups in total. The van der Waals surface area contributed by atoms with Gasteiger partial charge in [-0.25, -0.2) is 13.2 Å². The smallest absolute Gasteiger partial charge is 0.286 e. The van der Waals surface area contributed by atoms with Gasteiger partial charge < -0.3 is 25.4 Å². The summed E-state index contributed by atoms with van der Waals surface area (Å²) in [5, 5.41) is 17.0. The van der Waals surface area contributed by atoms with Crippen LogP contribution in [-0.4, -0.2) is 54.4 Å². The standard InChI is InChI=1S/C32H30ClF3N6O2S/c33-25-23(18-5-6-20(35)29-22(18)19(12-37)30(38)45-29)26(36)28-24-27(25)39-15-40-31(24)42-9-2-1-4-17(42)10-21(44-28)43-14-32-7-3-8-41(32)13-16(34)11-32/h4-6,10,16,31,39-40H,1-3,7-9,11,13-15,38H2/b21-10-/t16-,31?,32?/m1/s1. The normalized spacial score (nSPS) is 26.8. The molecule has 5 aliphatic rings. The molecule has 2 unspecified atom stereocenters. The van der Waals surface area contributed by atoms with E-state index in [4.69, 9.17) is 26.8 Å². The van der Waals surface area contributed by atoms with E-state index in [0.29, 0.717) is 37.4 Å². The molecule has 13 heteroatoms. The molecule has 0 spiro atoms. The van der Waals surface area contributed by atoms with Gasteiger partial charge in [-0.1, -0.05) is 23.7 Å². The number of nitriles is 1. The summed E-state index contributed by atoms with van der Waals surface area (Å²) in [6.45, 7) is 2.44. The van der Waals surface area contributed by atoms with Gasteiger partial charge >= 0.3 is 0 Å². The highest BCUT2D eigenvalue weighted by atomic mass is 35.5. The molecule has 0 bridgehead atoms. The van der Waals surface area contributed by atoms with Crippen molar-refractivity contribution >= 4 is 43.7 Å². The number of ether oxygens (including phenoxy) is 2. The number of halogens is 4. The van der Waals surface area contributed by atoms with E-state index in [0.717, 1.165) is 49.3 Å². The summed E-state index contributed by atoms with van der Waals surface area (Å²) in [6, 6.07) is 4.68. The number of benzene rings is 2. The molecule has 0 amide bonds. The third-order valence-corrected chi connectivity index (χ3v) is 11.1. The number of rotatable bonds is 4. The molecule has 6 heterocycles. The highest BCUT2D eigenvalue weighted by Crippen LogP contribution is 2.53. The number of anilines is 2. The molecule has 2 fully saturated rings. The Balaban J connectivity index is 1.30. The van der Waals surface area contributed by atoms with E-state index >= 15 is 4.39 Å². The summed E-state index contributed by atoms with van der Waals surface area (Å²) < 4.78 is 59.5. The Morgan fingerprint density at radius 3 is 2.98 bits per heavy atom. The van der Waals surface area contributed by atoms with Crippen molar-refractivity contribution in [3.63, 3.8) is 0 Å². The molecule has 234 valence electrons. The largest absolute Gasteiger partial charge is 0.463 e. The van der Waals surface area contributed by atoms with Crippen LogP contribution in [0, 0.1) is 23.0 Å². The van der Waals surface area contributed by atoms with Gasteiger partial charge in [0.05, 0.1) is 38.7 Å². The number of nitrogen functional groups attached to an aromatic ring is 1. The molecule has 2 aromatic carbocycles. The number of nitrogens with zero attached hydrogens (tertiary/aromatic N) is 3. The minimum absolute atomic E-state index is 0.0381. The summed E-state index contributed by atoms with van der Waals surface area (Å²) in [4.78, 5) is 4.30. The Kier molecular flexibility index (Phi) is 6.87. The number of fused-ring (bicyclic) bond motifs is 4. The molecule has 0 aliphatic carbocycles. The summed E-state index contributed by atoms with van der Waals surface area (Å²) in [7, 11) is 0. The fourth-order valence-corrected chi connectivity index (χ4v) is 9.02. The highest BCUT2D eigenvalue weighted by Gasteiger charge is 2.49. The van der Waals surface area contributed by atoms with E-state index in [-0.39, 0.29) is 55.1 Å². The summed E-state index contributed by atoms with van der Waals surface area (Å²) in [5.41, 5.74) is 7.72. The Morgan fingerprint density at radius 2 is 2.13 bits per heavy atom. The van der Waals surface area contributed by atoms with Crippen LogP contribution in [0.1, 0.15) is 49.4 Å². The van der Waals surface area contributed by atoms with E-state index < -0.39 is 29.5 Å². The fraction of sp³-hybridized carbons (Fsp3) is 0.406. The van der Waals surface area contributed by atoms with Crippen LogP contribution in [0.15, 0.2) is 35.9 Å². The van der Waals surface area contributed by atoms with E-state index in [9.17, 15) is 14.0 Å². The minimum atomic E-state index is -0.921. The van der Waals surface area contributed by atoms with Crippen molar-refractivity contribution in [2.75, 3.05) is 44.0 Å². The van der Waals surface area contributed by atoms with E-state index in [1.807, 2.05) is 6.07 Å². The first-order valence-corrected chi connectivity index (χ1v) is 16.3. The molecule has 8 nitrogen and oxygen atoms in total. The summed E-state index contributed by atoms with van der Waals surface area (Å²) in [5.74, 6) is -1.35. The van der Waals surface area contributed by atoms with E-state index in [1.165, 1.54) is 12.1 Å². The predicted molar refractivity (Wildman–Crippen MR) is 167 cm³/mol. The molecule has 3 aromatic rings. The van der Waals surface area contributed by atoms with Gasteiger partial charge in [-0.3, -0.25) is 10.2 Å². The summed E-state index contributed by atoms with van der Waals surface area (Å²) >= 11 is 7.97. The Hall–Kier alpha value is -3.63. The Morgan fingerprint density at radius 1 is 1.27 bits per heavy atom. The first-order chi connectivity index (χ1) is 21.8. The molecule has 1 aromatic heterocycles. The monoisotopic (exact) mass is 654 g/mol. The van der Waals surface area contributed by atoms with Gasteiger partial charge in [0.1, 0.15) is 35.8 Å². The van der Waals surface area contributed by atoms with Crippen LogP contribution in [0.4, 0.5) is 23.9 Å². The van der Waals surface area contributed by atoms with Crippen LogP contribution in [0.5, 0.6) is 5.75 Å². The molecule has 2 saturated heterocycles. The van der Waals surface area contributed by atoms with Crippen LogP contribution < -0.4 is 21.1 Å². The third-order valence-electron chi connectivity index (χ3n) is 9.72. The van der Waals surface area contributed by atoms with Crippen LogP contribution in [0.3, 0.4) is 0 Å². The van der Waals surface area contributed by atoms with E-state index in [2.05, 4.69) is 26.5 Å². The maximum Gasteiger partial charge on any atom is 0.286 e. The maximum atomic E-state index is 17.2. The fourth-order valence-electron chi connectivity index (χ4n) is 7.72. The van der Waals surface area contributed by atoms with Crippen molar-refractivity contribution in [2.24, 2.45) is 0 Å². The van der Waals surface area contributed by atoms with Crippen molar-refractivity contribution in [2.45, 2.75) is 50.0 Å². The average Bonchev–Trinajstić information content (AvgIpc) is 3.67. The Labute approximate surface area is 266 Å². The van der Waals surface area contributed by atoms with Crippen molar-refractivity contribution in [1.29, 1.82) is 5.26 Å². The summed E-state index contributed by atoms with van der Waals surface area (Å²) in [6.07, 6.45) is 6.41. The molecule has 5 aliphatic heterocycles. The van der Waals surface area contributed by atoms with Crippen molar-refractivity contribution in [3.05, 3.63) is 63.7 Å². The number of nitrogens with one attached hydrogen (secondary N) is 2. The lowest BCUT2D eigenvalue weighted by atomic mass is 9.93. The van der Waals surface area contributed by atoms with Crippen LogP contribution in [-0.2, 0) is 4.74 Å². The zero-order chi connectivity index (χ0) is 31.0. The molecule has 45 heavy (non-hydrogen) atoms. The second-order valence-corrected chi connectivity index (χ2v) is 13.7. The van der Waals surface area contributed by atoms with Gasteiger partial charge in [0.2, 0.25) is 0 Å². The average molecular weight is 655 g/mol. The van der Waals surface area contributed by atoms with Gasteiger partial charge in [0.25, 0.3) is 5.95 Å². The number of allylic oxidation sites excluding steroid dienone is 2. The minimum Gasteiger partial charge on any atom is -0.463 e. The predicted octanol–water partition coefficient (Wildman–Crippen LogP) is 6.73. The molecule has 3 atom stereocenters. The maximum absolute atomic E-state index is 17.2. The highest BCUT2D eigenvalue weighted by molar-refractivity contribution is 7.23. The molecular weight excluding hydrogens is 625 g/mol. The van der Waals surface area contributed by atoms with Crippen molar-refractivity contribution < 1.29 is 22.6 Å². The number of hydrogen-bond acceptors (Lipinski definition) is 9.